The summed E-state index contributed by atoms with van der Waals surface area (Å²) in [6, 6.07) is 6.97. The molecule has 2 rings (SSSR count). The molecular weight excluding hydrogens is 364 g/mol. The first-order chi connectivity index (χ1) is 12.1. The lowest BCUT2D eigenvalue weighted by atomic mass is 10.1. The molecule has 2 aromatic rings. The van der Waals surface area contributed by atoms with Crippen LogP contribution in [0.3, 0.4) is 0 Å². The van der Waals surface area contributed by atoms with Crippen molar-refractivity contribution in [3.05, 3.63) is 41.6 Å². The van der Waals surface area contributed by atoms with Gasteiger partial charge in [-0.25, -0.2) is 4.98 Å². The Morgan fingerprint density at radius 3 is 2.23 bits per heavy atom. The zero-order chi connectivity index (χ0) is 19.4. The van der Waals surface area contributed by atoms with E-state index in [9.17, 15) is 26.3 Å². The predicted octanol–water partition coefficient (Wildman–Crippen LogP) is 5.13. The third kappa shape index (κ3) is 5.78. The van der Waals surface area contributed by atoms with Gasteiger partial charge in [0.15, 0.2) is 6.61 Å². The highest BCUT2D eigenvalue weighted by molar-refractivity contribution is 5.54. The van der Waals surface area contributed by atoms with Crippen LogP contribution < -0.4 is 10.1 Å². The molecule has 0 fully saturated rings. The van der Waals surface area contributed by atoms with Crippen molar-refractivity contribution in [1.82, 2.24) is 9.97 Å². The van der Waals surface area contributed by atoms with Gasteiger partial charge in [-0.1, -0.05) is 25.5 Å². The number of aromatic nitrogens is 2. The van der Waals surface area contributed by atoms with E-state index in [-0.39, 0.29) is 5.95 Å². The van der Waals surface area contributed by atoms with Crippen molar-refractivity contribution in [2.45, 2.75) is 32.1 Å². The fraction of sp³-hybridized carbons (Fsp3) is 0.375. The highest BCUT2D eigenvalue weighted by Gasteiger charge is 2.38. The summed E-state index contributed by atoms with van der Waals surface area (Å²) in [5.74, 6) is -1.49. The van der Waals surface area contributed by atoms with Crippen molar-refractivity contribution in [3.8, 4) is 5.88 Å². The number of alkyl halides is 6. The van der Waals surface area contributed by atoms with Crippen molar-refractivity contribution < 1.29 is 31.1 Å². The van der Waals surface area contributed by atoms with Crippen LogP contribution in [0, 0.1) is 0 Å². The van der Waals surface area contributed by atoms with Crippen LogP contribution in [0.1, 0.15) is 24.5 Å². The highest BCUT2D eigenvalue weighted by Crippen LogP contribution is 2.36. The van der Waals surface area contributed by atoms with E-state index in [1.165, 1.54) is 0 Å². The number of hydrogen-bond acceptors (Lipinski definition) is 4. The maximum Gasteiger partial charge on any atom is 0.423 e. The van der Waals surface area contributed by atoms with Gasteiger partial charge < -0.3 is 10.1 Å². The molecule has 0 radical (unpaired) electrons. The van der Waals surface area contributed by atoms with Crippen LogP contribution in [0.4, 0.5) is 38.0 Å². The van der Waals surface area contributed by atoms with Crippen LogP contribution in [0.5, 0.6) is 5.88 Å². The van der Waals surface area contributed by atoms with E-state index in [4.69, 9.17) is 0 Å². The van der Waals surface area contributed by atoms with E-state index in [2.05, 4.69) is 20.0 Å². The van der Waals surface area contributed by atoms with Crippen LogP contribution >= 0.6 is 0 Å². The Kier molecular flexibility index (Phi) is 5.94. The fourth-order valence-corrected chi connectivity index (χ4v) is 2.05. The van der Waals surface area contributed by atoms with E-state index in [0.717, 1.165) is 18.4 Å². The normalized spacial score (nSPS) is 12.1. The Hall–Kier alpha value is -2.52. The van der Waals surface area contributed by atoms with Gasteiger partial charge in [-0.15, -0.1) is 0 Å². The number of nitrogens with one attached hydrogen (secondary N) is 1. The van der Waals surface area contributed by atoms with Gasteiger partial charge in [0, 0.05) is 11.9 Å². The van der Waals surface area contributed by atoms with E-state index in [0.29, 0.717) is 11.9 Å². The van der Waals surface area contributed by atoms with E-state index < -0.39 is 30.4 Å². The Morgan fingerprint density at radius 1 is 1.04 bits per heavy atom. The molecule has 0 spiro atoms. The first-order valence-corrected chi connectivity index (χ1v) is 7.58. The van der Waals surface area contributed by atoms with Crippen molar-refractivity contribution in [1.29, 1.82) is 0 Å². The quantitative estimate of drug-likeness (QED) is 0.707. The molecule has 1 aromatic carbocycles. The van der Waals surface area contributed by atoms with E-state index in [1.807, 2.05) is 19.1 Å². The van der Waals surface area contributed by atoms with Crippen molar-refractivity contribution in [3.63, 3.8) is 0 Å². The van der Waals surface area contributed by atoms with Gasteiger partial charge in [-0.05, 0) is 24.1 Å². The Morgan fingerprint density at radius 2 is 1.69 bits per heavy atom. The third-order valence-corrected chi connectivity index (χ3v) is 3.18. The first-order valence-electron chi connectivity index (χ1n) is 7.58. The molecule has 1 aromatic heterocycles. The Balaban J connectivity index is 2.23. The smallest absolute Gasteiger partial charge is 0.423 e. The largest absolute Gasteiger partial charge is 0.467 e. The van der Waals surface area contributed by atoms with Crippen molar-refractivity contribution >= 4 is 11.6 Å². The standard InChI is InChI=1S/C16H15F6N3O/c1-2-3-10-4-6-11(7-5-10)24-14-23-8-12(16(20,21)22)13(25-14)26-9-15(17,18)19/h4-8H,2-3,9H2,1H3,(H,23,24,25). The molecule has 1 N–H and O–H groups in total. The average Bonchev–Trinajstić information content (AvgIpc) is 2.53. The van der Waals surface area contributed by atoms with Crippen LogP contribution in [-0.2, 0) is 12.6 Å². The number of hydrogen-bond donors (Lipinski definition) is 1. The van der Waals surface area contributed by atoms with Gasteiger partial charge in [0.1, 0.15) is 5.56 Å². The molecule has 0 amide bonds. The maximum absolute atomic E-state index is 12.9. The van der Waals surface area contributed by atoms with Gasteiger partial charge in [0.05, 0.1) is 0 Å². The van der Waals surface area contributed by atoms with Gasteiger partial charge in [0.2, 0.25) is 11.8 Å². The van der Waals surface area contributed by atoms with Crippen LogP contribution in [0.2, 0.25) is 0 Å². The third-order valence-electron chi connectivity index (χ3n) is 3.18. The van der Waals surface area contributed by atoms with E-state index >= 15 is 0 Å². The number of anilines is 2. The summed E-state index contributed by atoms with van der Waals surface area (Å²) in [6.45, 7) is 0.128. The molecule has 4 nitrogen and oxygen atoms in total. The lowest BCUT2D eigenvalue weighted by Crippen LogP contribution is -2.22. The van der Waals surface area contributed by atoms with Gasteiger partial charge in [0.25, 0.3) is 0 Å². The van der Waals surface area contributed by atoms with Gasteiger partial charge in [-0.3, -0.25) is 0 Å². The molecule has 0 aliphatic rings. The maximum atomic E-state index is 12.9. The zero-order valence-corrected chi connectivity index (χ0v) is 13.6. The number of ether oxygens (including phenoxy) is 1. The summed E-state index contributed by atoms with van der Waals surface area (Å²) < 4.78 is 79.6. The monoisotopic (exact) mass is 379 g/mol. The zero-order valence-electron chi connectivity index (χ0n) is 13.6. The van der Waals surface area contributed by atoms with E-state index in [1.54, 1.807) is 12.1 Å². The summed E-state index contributed by atoms with van der Waals surface area (Å²) in [5, 5.41) is 2.64. The number of rotatable bonds is 6. The molecule has 0 saturated carbocycles. The molecule has 142 valence electrons. The minimum Gasteiger partial charge on any atom is -0.467 e. The summed E-state index contributed by atoms with van der Waals surface area (Å²) in [5.41, 5.74) is 0.0672. The molecule has 1 heterocycles. The van der Waals surface area contributed by atoms with Gasteiger partial charge >= 0.3 is 12.4 Å². The van der Waals surface area contributed by atoms with Crippen LogP contribution in [0.25, 0.3) is 0 Å². The molecule has 0 unspecified atom stereocenters. The molecule has 10 heteroatoms. The summed E-state index contributed by atoms with van der Waals surface area (Å²) in [7, 11) is 0. The minimum atomic E-state index is -4.94. The van der Waals surface area contributed by atoms with Gasteiger partial charge in [-0.2, -0.15) is 31.3 Å². The number of halogens is 6. The summed E-state index contributed by atoms with van der Waals surface area (Å²) in [6.07, 6.45) is -7.54. The predicted molar refractivity (Wildman–Crippen MR) is 82.3 cm³/mol. The number of aryl methyl sites for hydroxylation is 1. The molecular formula is C16H15F6N3O. The number of nitrogens with zero attached hydrogens (tertiary/aromatic N) is 2. The Bertz CT molecular complexity index is 728. The number of benzene rings is 1. The molecule has 0 atom stereocenters. The van der Waals surface area contributed by atoms with Crippen LogP contribution in [0.15, 0.2) is 30.5 Å². The highest BCUT2D eigenvalue weighted by atomic mass is 19.4. The summed E-state index contributed by atoms with van der Waals surface area (Å²) in [4.78, 5) is 6.93. The Labute approximate surface area is 145 Å². The average molecular weight is 379 g/mol. The molecule has 0 bridgehead atoms. The molecule has 0 aliphatic heterocycles. The van der Waals surface area contributed by atoms with Crippen molar-refractivity contribution in [2.75, 3.05) is 11.9 Å². The second-order valence-electron chi connectivity index (χ2n) is 5.39. The first kappa shape index (κ1) is 19.8. The lowest BCUT2D eigenvalue weighted by Gasteiger charge is -2.15. The second kappa shape index (κ2) is 7.79. The SMILES string of the molecule is CCCc1ccc(Nc2ncc(C(F)(F)F)c(OCC(F)(F)F)n2)cc1. The fourth-order valence-electron chi connectivity index (χ4n) is 2.05. The van der Waals surface area contributed by atoms with Crippen LogP contribution in [-0.4, -0.2) is 22.8 Å². The van der Waals surface area contributed by atoms with Crippen molar-refractivity contribution in [2.24, 2.45) is 0 Å². The minimum absolute atomic E-state index is 0.307. The molecule has 26 heavy (non-hydrogen) atoms. The molecule has 0 aliphatic carbocycles. The second-order valence-corrected chi connectivity index (χ2v) is 5.39. The summed E-state index contributed by atoms with van der Waals surface area (Å²) >= 11 is 0. The lowest BCUT2D eigenvalue weighted by molar-refractivity contribution is -0.159. The topological polar surface area (TPSA) is 47.0 Å². The molecule has 0 saturated heterocycles.